The number of esters is 1. The molecule has 3 rings (SSSR count). The number of cyclic esters (lactones) is 1. The molecule has 1 heterocycles. The zero-order valence-electron chi connectivity index (χ0n) is 13.0. The van der Waals surface area contributed by atoms with Gasteiger partial charge in [-0.25, -0.2) is 17.6 Å². The van der Waals surface area contributed by atoms with E-state index in [1.54, 1.807) is 24.3 Å². The minimum atomic E-state index is -3.31. The fourth-order valence-corrected chi connectivity index (χ4v) is 3.32. The molecule has 6 heteroatoms. The van der Waals surface area contributed by atoms with E-state index >= 15 is 0 Å². The van der Waals surface area contributed by atoms with Crippen LogP contribution in [0.25, 0.3) is 5.57 Å². The lowest BCUT2D eigenvalue weighted by Crippen LogP contribution is -2.02. The van der Waals surface area contributed by atoms with Gasteiger partial charge in [0.25, 0.3) is 0 Å². The summed E-state index contributed by atoms with van der Waals surface area (Å²) < 4.78 is 41.8. The van der Waals surface area contributed by atoms with Crippen molar-refractivity contribution in [1.82, 2.24) is 0 Å². The summed E-state index contributed by atoms with van der Waals surface area (Å²) in [5.74, 6) is -0.842. The van der Waals surface area contributed by atoms with E-state index in [2.05, 4.69) is 0 Å². The first-order valence-corrected chi connectivity index (χ1v) is 9.22. The number of sulfone groups is 1. The van der Waals surface area contributed by atoms with Crippen molar-refractivity contribution in [1.29, 1.82) is 0 Å². The van der Waals surface area contributed by atoms with Crippen LogP contribution in [0, 0.1) is 5.82 Å². The van der Waals surface area contributed by atoms with Gasteiger partial charge in [0.2, 0.25) is 0 Å². The molecule has 0 amide bonds. The molecule has 0 unspecified atom stereocenters. The molecule has 24 heavy (non-hydrogen) atoms. The molecule has 0 aromatic heterocycles. The molecular formula is C18H15FO4S. The van der Waals surface area contributed by atoms with Gasteiger partial charge in [0.1, 0.15) is 5.82 Å². The van der Waals surface area contributed by atoms with Crippen molar-refractivity contribution >= 4 is 21.4 Å². The predicted molar refractivity (Wildman–Crippen MR) is 87.5 cm³/mol. The van der Waals surface area contributed by atoms with Crippen LogP contribution in [0.4, 0.5) is 4.39 Å². The van der Waals surface area contributed by atoms with Crippen LogP contribution in [-0.2, 0) is 19.4 Å². The Kier molecular flexibility index (Phi) is 4.24. The Morgan fingerprint density at radius 3 is 2.33 bits per heavy atom. The molecule has 1 fully saturated rings. The second-order valence-electron chi connectivity index (χ2n) is 5.55. The monoisotopic (exact) mass is 346 g/mol. The standard InChI is InChI=1S/C18H15FO4S/c1-24(21,22)15-7-5-12(6-8-15)17(16-9-10-23-18(16)20)13-3-2-4-14(19)11-13/h2-8,11H,9-10H2,1H3/b17-16-. The van der Waals surface area contributed by atoms with Gasteiger partial charge in [-0.15, -0.1) is 0 Å². The third-order valence-corrected chi connectivity index (χ3v) is 4.95. The molecule has 4 nitrogen and oxygen atoms in total. The van der Waals surface area contributed by atoms with Crippen LogP contribution >= 0.6 is 0 Å². The van der Waals surface area contributed by atoms with Crippen LogP contribution in [0.5, 0.6) is 0 Å². The third kappa shape index (κ3) is 3.23. The zero-order valence-corrected chi connectivity index (χ0v) is 13.8. The molecule has 0 N–H and O–H groups in total. The zero-order chi connectivity index (χ0) is 17.3. The molecule has 1 saturated heterocycles. The number of carbonyl (C=O) groups excluding carboxylic acids is 1. The highest BCUT2D eigenvalue weighted by Crippen LogP contribution is 2.32. The van der Waals surface area contributed by atoms with Crippen LogP contribution in [-0.4, -0.2) is 27.2 Å². The second-order valence-corrected chi connectivity index (χ2v) is 7.56. The number of benzene rings is 2. The van der Waals surface area contributed by atoms with Crippen molar-refractivity contribution in [2.24, 2.45) is 0 Å². The Morgan fingerprint density at radius 1 is 1.08 bits per heavy atom. The highest BCUT2D eigenvalue weighted by Gasteiger charge is 2.25. The summed E-state index contributed by atoms with van der Waals surface area (Å²) in [6.45, 7) is 0.286. The number of halogens is 1. The lowest BCUT2D eigenvalue weighted by Gasteiger charge is -2.12. The van der Waals surface area contributed by atoms with Crippen molar-refractivity contribution in [2.45, 2.75) is 11.3 Å². The fourth-order valence-electron chi connectivity index (χ4n) is 2.69. The van der Waals surface area contributed by atoms with E-state index in [0.717, 1.165) is 6.26 Å². The van der Waals surface area contributed by atoms with Crippen molar-refractivity contribution in [3.05, 3.63) is 71.0 Å². The van der Waals surface area contributed by atoms with Gasteiger partial charge in [0.15, 0.2) is 9.84 Å². The summed E-state index contributed by atoms with van der Waals surface area (Å²) >= 11 is 0. The normalized spacial score (nSPS) is 16.8. The fraction of sp³-hybridized carbons (Fsp3) is 0.167. The lowest BCUT2D eigenvalue weighted by atomic mass is 9.92. The minimum Gasteiger partial charge on any atom is -0.462 e. The molecule has 0 saturated carbocycles. The largest absolute Gasteiger partial charge is 0.462 e. The van der Waals surface area contributed by atoms with E-state index in [1.807, 2.05) is 0 Å². The van der Waals surface area contributed by atoms with Gasteiger partial charge in [0.05, 0.1) is 11.5 Å². The van der Waals surface area contributed by atoms with Gasteiger partial charge in [-0.2, -0.15) is 0 Å². The van der Waals surface area contributed by atoms with E-state index in [9.17, 15) is 17.6 Å². The molecule has 2 aromatic carbocycles. The van der Waals surface area contributed by atoms with Crippen LogP contribution < -0.4 is 0 Å². The van der Waals surface area contributed by atoms with Gasteiger partial charge in [-0.1, -0.05) is 24.3 Å². The summed E-state index contributed by atoms with van der Waals surface area (Å²) in [5, 5.41) is 0. The van der Waals surface area contributed by atoms with Crippen molar-refractivity contribution in [3.63, 3.8) is 0 Å². The maximum atomic E-state index is 13.6. The van der Waals surface area contributed by atoms with Crippen molar-refractivity contribution in [2.75, 3.05) is 12.9 Å². The molecule has 0 aliphatic carbocycles. The van der Waals surface area contributed by atoms with Crippen molar-refractivity contribution < 1.29 is 22.3 Å². The van der Waals surface area contributed by atoms with E-state index in [0.29, 0.717) is 28.7 Å². The van der Waals surface area contributed by atoms with Crippen LogP contribution in [0.15, 0.2) is 59.0 Å². The number of ether oxygens (including phenoxy) is 1. The molecule has 0 bridgehead atoms. The van der Waals surface area contributed by atoms with E-state index in [1.165, 1.54) is 24.3 Å². The molecular weight excluding hydrogens is 331 g/mol. The maximum Gasteiger partial charge on any atom is 0.334 e. The van der Waals surface area contributed by atoms with Gasteiger partial charge >= 0.3 is 5.97 Å². The average molecular weight is 346 g/mol. The van der Waals surface area contributed by atoms with E-state index in [4.69, 9.17) is 4.74 Å². The van der Waals surface area contributed by atoms with Gasteiger partial charge in [-0.3, -0.25) is 0 Å². The minimum absolute atomic E-state index is 0.184. The summed E-state index contributed by atoms with van der Waals surface area (Å²) in [6.07, 6.45) is 1.56. The molecule has 1 aliphatic heterocycles. The molecule has 1 aliphatic rings. The summed E-state index contributed by atoms with van der Waals surface area (Å²) in [6, 6.07) is 12.1. The summed E-state index contributed by atoms with van der Waals surface area (Å²) in [4.78, 5) is 12.2. The SMILES string of the molecule is CS(=O)(=O)c1ccc(/C(=C2\CCOC2=O)c2cccc(F)c2)cc1. The van der Waals surface area contributed by atoms with Gasteiger partial charge < -0.3 is 4.74 Å². The highest BCUT2D eigenvalue weighted by atomic mass is 32.2. The first-order valence-electron chi connectivity index (χ1n) is 7.33. The van der Waals surface area contributed by atoms with Gasteiger partial charge in [0, 0.05) is 18.2 Å². The second kappa shape index (κ2) is 6.20. The highest BCUT2D eigenvalue weighted by molar-refractivity contribution is 7.90. The number of carbonyl (C=O) groups is 1. The van der Waals surface area contributed by atoms with Crippen LogP contribution in [0.2, 0.25) is 0 Å². The Bertz CT molecular complexity index is 928. The molecule has 0 atom stereocenters. The maximum absolute atomic E-state index is 13.6. The molecule has 2 aromatic rings. The Morgan fingerprint density at radius 2 is 1.79 bits per heavy atom. The third-order valence-electron chi connectivity index (χ3n) is 3.82. The number of hydrogen-bond acceptors (Lipinski definition) is 4. The van der Waals surface area contributed by atoms with Crippen LogP contribution in [0.3, 0.4) is 0 Å². The smallest absolute Gasteiger partial charge is 0.334 e. The Labute approximate surface area is 139 Å². The van der Waals surface area contributed by atoms with E-state index in [-0.39, 0.29) is 11.5 Å². The van der Waals surface area contributed by atoms with Crippen molar-refractivity contribution in [3.8, 4) is 0 Å². The summed E-state index contributed by atoms with van der Waals surface area (Å²) in [5.41, 5.74) is 2.22. The topological polar surface area (TPSA) is 60.4 Å². The Balaban J connectivity index is 2.18. The van der Waals surface area contributed by atoms with Crippen LogP contribution in [0.1, 0.15) is 17.5 Å². The van der Waals surface area contributed by atoms with E-state index < -0.39 is 21.6 Å². The first kappa shape index (κ1) is 16.4. The Hall–Kier alpha value is -2.47. The summed E-state index contributed by atoms with van der Waals surface area (Å²) in [7, 11) is -3.31. The first-order chi connectivity index (χ1) is 11.4. The van der Waals surface area contributed by atoms with Gasteiger partial charge in [-0.05, 0) is 41.0 Å². The number of rotatable bonds is 3. The quantitative estimate of drug-likeness (QED) is 0.633. The predicted octanol–water partition coefficient (Wildman–Crippen LogP) is 2.98. The molecule has 0 spiro atoms. The molecule has 0 radical (unpaired) electrons. The lowest BCUT2D eigenvalue weighted by molar-refractivity contribution is -0.135. The molecule has 124 valence electrons. The number of hydrogen-bond donors (Lipinski definition) is 0. The average Bonchev–Trinajstić information content (AvgIpc) is 2.93.